The Balaban J connectivity index is 1.93. The van der Waals surface area contributed by atoms with Crippen LogP contribution in [0.5, 0.6) is 5.75 Å². The van der Waals surface area contributed by atoms with Crippen LogP contribution in [0.3, 0.4) is 0 Å². The van der Waals surface area contributed by atoms with Gasteiger partial charge in [-0.2, -0.15) is 5.10 Å². The number of ether oxygens (including phenoxy) is 1. The van der Waals surface area contributed by atoms with E-state index in [4.69, 9.17) is 4.74 Å². The van der Waals surface area contributed by atoms with Gasteiger partial charge in [0.25, 0.3) is 5.56 Å². The Morgan fingerprint density at radius 1 is 1.24 bits per heavy atom. The Morgan fingerprint density at radius 2 is 2.00 bits per heavy atom. The molecule has 0 amide bonds. The summed E-state index contributed by atoms with van der Waals surface area (Å²) in [5, 5.41) is 7.28. The van der Waals surface area contributed by atoms with Crippen molar-refractivity contribution in [2.24, 2.45) is 0 Å². The maximum absolute atomic E-state index is 12.5. The van der Waals surface area contributed by atoms with Crippen molar-refractivity contribution in [3.8, 4) is 5.75 Å². The molecule has 3 aromatic rings. The van der Waals surface area contributed by atoms with E-state index in [1.165, 1.54) is 0 Å². The minimum Gasteiger partial charge on any atom is -0.497 e. The van der Waals surface area contributed by atoms with Gasteiger partial charge in [0.05, 0.1) is 18.5 Å². The molecule has 0 aliphatic heterocycles. The summed E-state index contributed by atoms with van der Waals surface area (Å²) >= 11 is 0. The van der Waals surface area contributed by atoms with E-state index in [0.717, 1.165) is 5.39 Å². The Hall–Kier alpha value is -2.65. The zero-order valence-electron chi connectivity index (χ0n) is 14.0. The molecule has 0 fully saturated rings. The van der Waals surface area contributed by atoms with Gasteiger partial charge in [-0.25, -0.2) is 13.1 Å². The summed E-state index contributed by atoms with van der Waals surface area (Å²) < 4.78 is 32.6. The first-order valence-corrected chi connectivity index (χ1v) is 9.01. The smallest absolute Gasteiger partial charge is 0.252 e. The summed E-state index contributed by atoms with van der Waals surface area (Å²) in [6.45, 7) is 3.10. The van der Waals surface area contributed by atoms with Gasteiger partial charge < -0.3 is 9.72 Å². The number of fused-ring (bicyclic) bond motifs is 1. The number of hydrogen-bond acceptors (Lipinski definition) is 5. The Kier molecular flexibility index (Phi) is 4.36. The lowest BCUT2D eigenvalue weighted by molar-refractivity contribution is 0.415. The zero-order chi connectivity index (χ0) is 18.2. The summed E-state index contributed by atoms with van der Waals surface area (Å²) in [6.07, 6.45) is 0. The predicted octanol–water partition coefficient (Wildman–Crippen LogP) is 1.36. The van der Waals surface area contributed by atoms with Gasteiger partial charge in [-0.05, 0) is 38.1 Å². The highest BCUT2D eigenvalue weighted by atomic mass is 32.2. The third-order valence-corrected chi connectivity index (χ3v) is 5.57. The topological polar surface area (TPSA) is 117 Å². The summed E-state index contributed by atoms with van der Waals surface area (Å²) in [6, 6.07) is 6.90. The monoisotopic (exact) mass is 362 g/mol. The van der Waals surface area contributed by atoms with Gasteiger partial charge in [0.2, 0.25) is 10.0 Å². The maximum Gasteiger partial charge on any atom is 0.252 e. The van der Waals surface area contributed by atoms with E-state index < -0.39 is 10.0 Å². The third kappa shape index (κ3) is 3.28. The molecule has 132 valence electrons. The van der Waals surface area contributed by atoms with E-state index in [2.05, 4.69) is 19.9 Å². The second-order valence-electron chi connectivity index (χ2n) is 5.66. The van der Waals surface area contributed by atoms with Crippen LogP contribution in [-0.2, 0) is 16.6 Å². The summed E-state index contributed by atoms with van der Waals surface area (Å²) in [5.74, 6) is 0.649. The van der Waals surface area contributed by atoms with Crippen molar-refractivity contribution in [3.63, 3.8) is 0 Å². The molecule has 2 aromatic heterocycles. The van der Waals surface area contributed by atoms with Crippen LogP contribution < -0.4 is 15.0 Å². The van der Waals surface area contributed by atoms with E-state index in [-0.39, 0.29) is 17.0 Å². The number of pyridine rings is 1. The van der Waals surface area contributed by atoms with Gasteiger partial charge in [-0.15, -0.1) is 0 Å². The number of methoxy groups -OCH3 is 1. The molecule has 9 heteroatoms. The molecule has 0 atom stereocenters. The van der Waals surface area contributed by atoms with Crippen molar-refractivity contribution >= 4 is 20.9 Å². The van der Waals surface area contributed by atoms with Gasteiger partial charge in [0.15, 0.2) is 0 Å². The number of rotatable bonds is 5. The Bertz CT molecular complexity index is 1080. The van der Waals surface area contributed by atoms with Gasteiger partial charge in [-0.1, -0.05) is 0 Å². The van der Waals surface area contributed by atoms with Crippen LogP contribution in [0.25, 0.3) is 10.9 Å². The number of aryl methyl sites for hydroxylation is 2. The van der Waals surface area contributed by atoms with Gasteiger partial charge >= 0.3 is 0 Å². The van der Waals surface area contributed by atoms with Crippen molar-refractivity contribution in [3.05, 3.63) is 51.6 Å². The Morgan fingerprint density at radius 3 is 2.64 bits per heavy atom. The Labute approximate surface area is 144 Å². The van der Waals surface area contributed by atoms with Crippen LogP contribution in [0, 0.1) is 13.8 Å². The number of H-pyrrole nitrogens is 2. The molecule has 2 heterocycles. The molecule has 8 nitrogen and oxygen atoms in total. The van der Waals surface area contributed by atoms with Crippen LogP contribution in [0.4, 0.5) is 0 Å². The fourth-order valence-electron chi connectivity index (χ4n) is 2.67. The van der Waals surface area contributed by atoms with E-state index in [0.29, 0.717) is 28.2 Å². The fraction of sp³-hybridized carbons (Fsp3) is 0.250. The molecule has 1 aromatic carbocycles. The standard InChI is InChI=1S/C16H18N4O4S/c1-9-15(10(2)20-19-9)25(22,23)17-8-12-6-11-7-13(24-3)4-5-14(11)18-16(12)21/h4-7,17H,8H2,1-3H3,(H,18,21)(H,19,20). The van der Waals surface area contributed by atoms with E-state index in [1.54, 1.807) is 45.2 Å². The van der Waals surface area contributed by atoms with Crippen molar-refractivity contribution in [2.75, 3.05) is 7.11 Å². The predicted molar refractivity (Wildman–Crippen MR) is 93.2 cm³/mol. The normalized spacial score (nSPS) is 11.8. The number of hydrogen-bond donors (Lipinski definition) is 3. The molecular weight excluding hydrogens is 344 g/mol. The first-order chi connectivity index (χ1) is 11.8. The van der Waals surface area contributed by atoms with Crippen LogP contribution >= 0.6 is 0 Å². The van der Waals surface area contributed by atoms with E-state index in [1.807, 2.05) is 0 Å². The van der Waals surface area contributed by atoms with Gasteiger partial charge in [0.1, 0.15) is 10.6 Å². The van der Waals surface area contributed by atoms with Crippen LogP contribution in [0.2, 0.25) is 0 Å². The molecule has 0 radical (unpaired) electrons. The van der Waals surface area contributed by atoms with Gasteiger partial charge in [0, 0.05) is 23.0 Å². The fourth-order valence-corrected chi connectivity index (χ4v) is 4.04. The second kappa shape index (κ2) is 6.34. The molecule has 0 unspecified atom stereocenters. The van der Waals surface area contributed by atoms with Crippen LogP contribution in [0.15, 0.2) is 34.0 Å². The number of aromatic amines is 2. The average Bonchev–Trinajstić information content (AvgIpc) is 2.92. The minimum absolute atomic E-state index is 0.103. The first-order valence-electron chi connectivity index (χ1n) is 7.53. The summed E-state index contributed by atoms with van der Waals surface area (Å²) in [4.78, 5) is 15.0. The lowest BCUT2D eigenvalue weighted by Crippen LogP contribution is -2.27. The van der Waals surface area contributed by atoms with Crippen LogP contribution in [-0.4, -0.2) is 30.7 Å². The first kappa shape index (κ1) is 17.2. The molecule has 0 bridgehead atoms. The summed E-state index contributed by atoms with van der Waals surface area (Å²) in [7, 11) is -2.23. The number of nitrogens with one attached hydrogen (secondary N) is 3. The van der Waals surface area contributed by atoms with E-state index >= 15 is 0 Å². The molecule has 0 saturated carbocycles. The SMILES string of the molecule is COc1ccc2[nH]c(=O)c(CNS(=O)(=O)c3c(C)n[nH]c3C)cc2c1. The minimum atomic E-state index is -3.78. The molecule has 0 saturated heterocycles. The van der Waals surface area contributed by atoms with Crippen molar-refractivity contribution in [1.29, 1.82) is 0 Å². The number of sulfonamides is 1. The molecule has 0 aliphatic carbocycles. The lowest BCUT2D eigenvalue weighted by Gasteiger charge is -2.08. The highest BCUT2D eigenvalue weighted by molar-refractivity contribution is 7.89. The van der Waals surface area contributed by atoms with Crippen molar-refractivity contribution in [1.82, 2.24) is 19.9 Å². The molecule has 3 N–H and O–H groups in total. The molecule has 3 rings (SSSR count). The summed E-state index contributed by atoms with van der Waals surface area (Å²) in [5.41, 5.74) is 1.44. The third-order valence-electron chi connectivity index (χ3n) is 3.91. The van der Waals surface area contributed by atoms with Crippen molar-refractivity contribution < 1.29 is 13.2 Å². The number of benzene rings is 1. The highest BCUT2D eigenvalue weighted by Crippen LogP contribution is 2.19. The highest BCUT2D eigenvalue weighted by Gasteiger charge is 2.22. The largest absolute Gasteiger partial charge is 0.497 e. The molecular formula is C16H18N4O4S. The zero-order valence-corrected chi connectivity index (χ0v) is 14.8. The second-order valence-corrected chi connectivity index (χ2v) is 7.37. The quantitative estimate of drug-likeness (QED) is 0.633. The number of nitrogens with zero attached hydrogens (tertiary/aromatic N) is 1. The van der Waals surface area contributed by atoms with E-state index in [9.17, 15) is 13.2 Å². The average molecular weight is 362 g/mol. The molecule has 25 heavy (non-hydrogen) atoms. The lowest BCUT2D eigenvalue weighted by atomic mass is 10.1. The van der Waals surface area contributed by atoms with Crippen LogP contribution in [0.1, 0.15) is 17.0 Å². The number of aromatic nitrogens is 3. The maximum atomic E-state index is 12.5. The van der Waals surface area contributed by atoms with Crippen molar-refractivity contribution in [2.45, 2.75) is 25.3 Å². The molecule has 0 aliphatic rings. The van der Waals surface area contributed by atoms with Gasteiger partial charge in [-0.3, -0.25) is 9.89 Å². The molecule has 0 spiro atoms.